The predicted octanol–water partition coefficient (Wildman–Crippen LogP) is 0.576. The molecule has 0 bridgehead atoms. The number of hydrogen-bond acceptors (Lipinski definition) is 4. The highest BCUT2D eigenvalue weighted by Crippen LogP contribution is 2.24. The second kappa shape index (κ2) is 4.56. The van der Waals surface area contributed by atoms with Crippen LogP contribution in [0.5, 0.6) is 0 Å². The molecule has 2 rings (SSSR count). The Bertz CT molecular complexity index is 514. The van der Waals surface area contributed by atoms with Crippen molar-refractivity contribution in [3.8, 4) is 0 Å². The Morgan fingerprint density at radius 1 is 1.56 bits per heavy atom. The minimum atomic E-state index is -1.06. The van der Waals surface area contributed by atoms with Crippen LogP contribution in [0.4, 0.5) is 11.4 Å². The van der Waals surface area contributed by atoms with Crippen LogP contribution in [0.25, 0.3) is 0 Å². The summed E-state index contributed by atoms with van der Waals surface area (Å²) >= 11 is 0. The summed E-state index contributed by atoms with van der Waals surface area (Å²) in [7, 11) is 0. The maximum Gasteiger partial charge on any atom is 0.337 e. The number of nitrogens with one attached hydrogen (secondary N) is 2. The van der Waals surface area contributed by atoms with Crippen LogP contribution in [0.1, 0.15) is 22.3 Å². The number of aromatic carboxylic acids is 1. The first-order chi connectivity index (χ1) is 8.47. The molecule has 6 nitrogen and oxygen atoms in total. The number of rotatable bonds is 3. The summed E-state index contributed by atoms with van der Waals surface area (Å²) in [5.41, 5.74) is 7.43. The lowest BCUT2D eigenvalue weighted by Crippen LogP contribution is -2.22. The van der Waals surface area contributed by atoms with E-state index in [1.165, 1.54) is 6.07 Å². The maximum absolute atomic E-state index is 11.1. The Labute approximate surface area is 104 Å². The van der Waals surface area contributed by atoms with E-state index in [2.05, 4.69) is 10.6 Å². The van der Waals surface area contributed by atoms with E-state index in [0.717, 1.165) is 0 Å². The van der Waals surface area contributed by atoms with E-state index in [4.69, 9.17) is 10.8 Å². The molecule has 5 N–H and O–H groups in total. The molecule has 6 heteroatoms. The smallest absolute Gasteiger partial charge is 0.337 e. The zero-order valence-corrected chi connectivity index (χ0v) is 9.99. The van der Waals surface area contributed by atoms with Gasteiger partial charge < -0.3 is 21.5 Å². The summed E-state index contributed by atoms with van der Waals surface area (Å²) in [6, 6.07) is 3.26. The highest BCUT2D eigenvalue weighted by atomic mass is 16.4. The van der Waals surface area contributed by atoms with Crippen LogP contribution in [0.15, 0.2) is 12.1 Å². The van der Waals surface area contributed by atoms with Crippen molar-refractivity contribution in [1.29, 1.82) is 0 Å². The Morgan fingerprint density at radius 2 is 2.28 bits per heavy atom. The van der Waals surface area contributed by atoms with Gasteiger partial charge >= 0.3 is 5.97 Å². The van der Waals surface area contributed by atoms with Gasteiger partial charge in [-0.25, -0.2) is 4.79 Å². The van der Waals surface area contributed by atoms with E-state index in [9.17, 15) is 9.59 Å². The molecule has 1 heterocycles. The highest BCUT2D eigenvalue weighted by Gasteiger charge is 2.21. The van der Waals surface area contributed by atoms with E-state index in [0.29, 0.717) is 24.2 Å². The number of aryl methyl sites for hydroxylation is 1. The zero-order valence-electron chi connectivity index (χ0n) is 9.99. The quantitative estimate of drug-likeness (QED) is 0.586. The number of anilines is 2. The minimum Gasteiger partial charge on any atom is -0.478 e. The van der Waals surface area contributed by atoms with Crippen molar-refractivity contribution >= 4 is 23.3 Å². The molecule has 1 aromatic rings. The van der Waals surface area contributed by atoms with Crippen LogP contribution >= 0.6 is 0 Å². The number of hydrogen-bond donors (Lipinski definition) is 4. The molecule has 1 fully saturated rings. The molecule has 96 valence electrons. The van der Waals surface area contributed by atoms with E-state index in [1.807, 2.05) is 0 Å². The minimum absolute atomic E-state index is 0.00174. The number of carbonyl (C=O) groups excluding carboxylic acids is 1. The Morgan fingerprint density at radius 3 is 2.83 bits per heavy atom. The fourth-order valence-electron chi connectivity index (χ4n) is 2.00. The van der Waals surface area contributed by atoms with Gasteiger partial charge in [0.05, 0.1) is 11.6 Å². The highest BCUT2D eigenvalue weighted by molar-refractivity contribution is 5.95. The van der Waals surface area contributed by atoms with Gasteiger partial charge in [-0.05, 0) is 24.6 Å². The van der Waals surface area contributed by atoms with Crippen molar-refractivity contribution in [2.24, 2.45) is 0 Å². The molecule has 1 aliphatic heterocycles. The lowest BCUT2D eigenvalue weighted by Gasteiger charge is -2.14. The molecule has 1 amide bonds. The van der Waals surface area contributed by atoms with Gasteiger partial charge in [0.25, 0.3) is 0 Å². The average Bonchev–Trinajstić information content (AvgIpc) is 2.68. The van der Waals surface area contributed by atoms with Gasteiger partial charge in [0.2, 0.25) is 5.91 Å². The second-order valence-electron chi connectivity index (χ2n) is 4.41. The molecule has 1 aromatic carbocycles. The number of carboxylic acid groups (broad SMARTS) is 1. The SMILES string of the molecule is Cc1cc(NC2CNC(=O)C2)cc(C(=O)O)c1N. The van der Waals surface area contributed by atoms with Crippen molar-refractivity contribution in [3.63, 3.8) is 0 Å². The van der Waals surface area contributed by atoms with Crippen molar-refractivity contribution < 1.29 is 14.7 Å². The summed E-state index contributed by atoms with van der Waals surface area (Å²) < 4.78 is 0. The molecule has 0 radical (unpaired) electrons. The zero-order chi connectivity index (χ0) is 13.3. The first-order valence-electron chi connectivity index (χ1n) is 5.64. The summed E-state index contributed by atoms with van der Waals surface area (Å²) in [5.74, 6) is -1.06. The van der Waals surface area contributed by atoms with Gasteiger partial charge in [-0.3, -0.25) is 4.79 Å². The number of carboxylic acids is 1. The van der Waals surface area contributed by atoms with Gasteiger partial charge in [0.15, 0.2) is 0 Å². The summed E-state index contributed by atoms with van der Waals surface area (Å²) in [5, 5.41) is 14.9. The molecule has 18 heavy (non-hydrogen) atoms. The van der Waals surface area contributed by atoms with Gasteiger partial charge in [-0.1, -0.05) is 0 Å². The number of benzene rings is 1. The first kappa shape index (κ1) is 12.2. The van der Waals surface area contributed by atoms with Gasteiger partial charge in [0, 0.05) is 24.3 Å². The molecule has 0 aromatic heterocycles. The monoisotopic (exact) mass is 249 g/mol. The molecule has 0 spiro atoms. The summed E-state index contributed by atoms with van der Waals surface area (Å²) in [6.07, 6.45) is 0.395. The molecule has 0 aliphatic carbocycles. The lowest BCUT2D eigenvalue weighted by atomic mass is 10.1. The normalized spacial score (nSPS) is 18.5. The van der Waals surface area contributed by atoms with Crippen LogP contribution in [0, 0.1) is 6.92 Å². The molecule has 1 unspecified atom stereocenters. The Balaban J connectivity index is 2.23. The average molecular weight is 249 g/mol. The molecular formula is C12H15N3O3. The van der Waals surface area contributed by atoms with Crippen LogP contribution in [-0.2, 0) is 4.79 Å². The van der Waals surface area contributed by atoms with E-state index >= 15 is 0 Å². The van der Waals surface area contributed by atoms with Gasteiger partial charge in [-0.15, -0.1) is 0 Å². The van der Waals surface area contributed by atoms with Gasteiger partial charge in [-0.2, -0.15) is 0 Å². The molecule has 1 aliphatic rings. The number of nitrogen functional groups attached to an aromatic ring is 1. The van der Waals surface area contributed by atoms with Crippen LogP contribution in [0.2, 0.25) is 0 Å². The maximum atomic E-state index is 11.1. The standard InChI is InChI=1S/C12H15N3O3/c1-6-2-7(3-9(11(6)13)12(17)18)15-8-4-10(16)14-5-8/h2-3,8,15H,4-5,13H2,1H3,(H,14,16)(H,17,18). The molecular weight excluding hydrogens is 234 g/mol. The van der Waals surface area contributed by atoms with Gasteiger partial charge in [0.1, 0.15) is 0 Å². The van der Waals surface area contributed by atoms with Crippen molar-refractivity contribution in [3.05, 3.63) is 23.3 Å². The third kappa shape index (κ3) is 2.37. The Hall–Kier alpha value is -2.24. The van der Waals surface area contributed by atoms with E-state index in [1.54, 1.807) is 13.0 Å². The van der Waals surface area contributed by atoms with Crippen molar-refractivity contribution in [2.75, 3.05) is 17.6 Å². The number of carbonyl (C=O) groups is 2. The number of amides is 1. The largest absolute Gasteiger partial charge is 0.478 e. The lowest BCUT2D eigenvalue weighted by molar-refractivity contribution is -0.119. The molecule has 0 saturated carbocycles. The topological polar surface area (TPSA) is 104 Å². The summed E-state index contributed by atoms with van der Waals surface area (Å²) in [4.78, 5) is 22.1. The fourth-order valence-corrected chi connectivity index (χ4v) is 2.00. The van der Waals surface area contributed by atoms with E-state index in [-0.39, 0.29) is 23.2 Å². The van der Waals surface area contributed by atoms with Crippen molar-refractivity contribution in [2.45, 2.75) is 19.4 Å². The fraction of sp³-hybridized carbons (Fsp3) is 0.333. The summed E-state index contributed by atoms with van der Waals surface area (Å²) in [6.45, 7) is 2.30. The number of nitrogens with two attached hydrogens (primary N) is 1. The first-order valence-corrected chi connectivity index (χ1v) is 5.64. The molecule has 1 atom stereocenters. The van der Waals surface area contributed by atoms with Crippen LogP contribution in [-0.4, -0.2) is 29.6 Å². The third-order valence-corrected chi connectivity index (χ3v) is 2.97. The van der Waals surface area contributed by atoms with E-state index < -0.39 is 5.97 Å². The Kier molecular flexibility index (Phi) is 3.10. The van der Waals surface area contributed by atoms with Crippen molar-refractivity contribution in [1.82, 2.24) is 5.32 Å². The third-order valence-electron chi connectivity index (χ3n) is 2.97. The predicted molar refractivity (Wildman–Crippen MR) is 67.6 cm³/mol. The van der Waals surface area contributed by atoms with Crippen LogP contribution < -0.4 is 16.4 Å². The van der Waals surface area contributed by atoms with Crippen LogP contribution in [0.3, 0.4) is 0 Å². The molecule has 1 saturated heterocycles. The second-order valence-corrected chi connectivity index (χ2v) is 4.41.